The van der Waals surface area contributed by atoms with Gasteiger partial charge in [0.25, 0.3) is 0 Å². The average molecular weight is 398 g/mol. The number of carbonyl (C=O) groups is 1. The molecule has 3 aliphatic rings. The van der Waals surface area contributed by atoms with Crippen LogP contribution in [-0.4, -0.2) is 24.7 Å². The predicted molar refractivity (Wildman–Crippen MR) is 101 cm³/mol. The monoisotopic (exact) mass is 398 g/mol. The Bertz CT molecular complexity index is 1000. The molecule has 2 aromatic rings. The molecule has 0 spiro atoms. The van der Waals surface area contributed by atoms with Crippen molar-refractivity contribution in [3.63, 3.8) is 0 Å². The van der Waals surface area contributed by atoms with Gasteiger partial charge in [-0.05, 0) is 29.7 Å². The Kier molecular flexibility index (Phi) is 3.93. The van der Waals surface area contributed by atoms with Crippen LogP contribution in [0.15, 0.2) is 30.3 Å². The normalized spacial score (nSPS) is 28.8. The molecular formula is C22H22O7. The van der Waals surface area contributed by atoms with Crippen molar-refractivity contribution >= 4 is 5.97 Å². The third-order valence-corrected chi connectivity index (χ3v) is 6.29. The maximum Gasteiger partial charge on any atom is 0.303 e. The van der Waals surface area contributed by atoms with Gasteiger partial charge in [0.05, 0.1) is 0 Å². The first-order valence-electron chi connectivity index (χ1n) is 9.64. The van der Waals surface area contributed by atoms with E-state index in [1.807, 2.05) is 26.0 Å². The number of hydrogen-bond acceptors (Lipinski definition) is 7. The molecule has 0 radical (unpaired) electrons. The molecule has 2 heterocycles. The van der Waals surface area contributed by atoms with Crippen molar-refractivity contribution in [3.8, 4) is 23.0 Å². The lowest BCUT2D eigenvalue weighted by atomic mass is 9.63. The summed E-state index contributed by atoms with van der Waals surface area (Å²) in [5, 5.41) is 12.2. The summed E-state index contributed by atoms with van der Waals surface area (Å²) in [6.07, 6.45) is -0.499. The summed E-state index contributed by atoms with van der Waals surface area (Å²) in [5.74, 6) is 1.46. The van der Waals surface area contributed by atoms with E-state index in [0.717, 1.165) is 5.56 Å². The van der Waals surface area contributed by atoms with Crippen molar-refractivity contribution in [1.29, 1.82) is 0 Å². The van der Waals surface area contributed by atoms with Gasteiger partial charge < -0.3 is 28.8 Å². The topological polar surface area (TPSA) is 83.5 Å². The third kappa shape index (κ3) is 2.50. The highest BCUT2D eigenvalue weighted by atomic mass is 16.7. The standard InChI is InChI=1S/C22H22O7/c1-11-12(2)22(24,14-4-6-16-18(8-14)27-9-25-16)19-15(20(11)29-13(3)23)5-7-17-21(19)28-10-26-17/h4-8,11-12,20,24H,9-10H2,1-3H3/t11-,12-,20?,22+/m0/s1. The molecule has 1 unspecified atom stereocenters. The van der Waals surface area contributed by atoms with Gasteiger partial charge >= 0.3 is 5.97 Å². The van der Waals surface area contributed by atoms with Crippen LogP contribution < -0.4 is 18.9 Å². The van der Waals surface area contributed by atoms with Crippen LogP contribution in [-0.2, 0) is 15.1 Å². The van der Waals surface area contributed by atoms with E-state index in [2.05, 4.69) is 0 Å². The highest BCUT2D eigenvalue weighted by molar-refractivity contribution is 5.67. The van der Waals surface area contributed by atoms with Crippen LogP contribution in [0.2, 0.25) is 0 Å². The molecule has 152 valence electrons. The molecule has 0 fully saturated rings. The molecule has 0 saturated carbocycles. The van der Waals surface area contributed by atoms with Gasteiger partial charge in [-0.1, -0.05) is 26.0 Å². The number of fused-ring (bicyclic) bond motifs is 4. The smallest absolute Gasteiger partial charge is 0.303 e. The first-order valence-corrected chi connectivity index (χ1v) is 9.64. The minimum Gasteiger partial charge on any atom is -0.457 e. The van der Waals surface area contributed by atoms with Gasteiger partial charge in [-0.2, -0.15) is 0 Å². The Labute approximate surface area is 168 Å². The fraction of sp³-hybridized carbons (Fsp3) is 0.409. The molecule has 5 rings (SSSR count). The fourth-order valence-electron chi connectivity index (χ4n) is 4.66. The Morgan fingerprint density at radius 3 is 2.52 bits per heavy atom. The zero-order valence-corrected chi connectivity index (χ0v) is 16.4. The summed E-state index contributed by atoms with van der Waals surface area (Å²) in [4.78, 5) is 11.8. The van der Waals surface area contributed by atoms with Crippen molar-refractivity contribution in [2.75, 3.05) is 13.6 Å². The Hall–Kier alpha value is -2.93. The second-order valence-electron chi connectivity index (χ2n) is 7.78. The lowest BCUT2D eigenvalue weighted by molar-refractivity contribution is -0.155. The zero-order valence-electron chi connectivity index (χ0n) is 16.4. The van der Waals surface area contributed by atoms with Crippen LogP contribution in [0.3, 0.4) is 0 Å². The van der Waals surface area contributed by atoms with Crippen molar-refractivity contribution in [2.24, 2.45) is 11.8 Å². The highest BCUT2D eigenvalue weighted by Crippen LogP contribution is 2.58. The van der Waals surface area contributed by atoms with Crippen LogP contribution in [0.1, 0.15) is 43.6 Å². The molecule has 7 heteroatoms. The number of rotatable bonds is 2. The van der Waals surface area contributed by atoms with Crippen molar-refractivity contribution in [2.45, 2.75) is 32.5 Å². The quantitative estimate of drug-likeness (QED) is 0.778. The van der Waals surface area contributed by atoms with Gasteiger partial charge in [0.1, 0.15) is 11.7 Å². The number of hydrogen-bond donors (Lipinski definition) is 1. The Morgan fingerprint density at radius 1 is 1.03 bits per heavy atom. The molecule has 0 amide bonds. The van der Waals surface area contributed by atoms with Crippen LogP contribution >= 0.6 is 0 Å². The summed E-state index contributed by atoms with van der Waals surface area (Å²) in [5.41, 5.74) is 0.553. The molecule has 1 aliphatic carbocycles. The summed E-state index contributed by atoms with van der Waals surface area (Å²) in [6, 6.07) is 9.07. The first-order chi connectivity index (χ1) is 13.9. The van der Waals surface area contributed by atoms with E-state index in [9.17, 15) is 9.90 Å². The van der Waals surface area contributed by atoms with Crippen LogP contribution in [0, 0.1) is 11.8 Å². The van der Waals surface area contributed by atoms with Crippen molar-refractivity contribution in [1.82, 2.24) is 0 Å². The first kappa shape index (κ1) is 18.1. The molecular weight excluding hydrogens is 376 g/mol. The lowest BCUT2D eigenvalue weighted by Gasteiger charge is -2.47. The second-order valence-corrected chi connectivity index (χ2v) is 7.78. The number of esters is 1. The van der Waals surface area contributed by atoms with Crippen LogP contribution in [0.4, 0.5) is 0 Å². The van der Waals surface area contributed by atoms with E-state index in [4.69, 9.17) is 23.7 Å². The molecule has 2 aromatic carbocycles. The largest absolute Gasteiger partial charge is 0.457 e. The molecule has 7 nitrogen and oxygen atoms in total. The number of aliphatic hydroxyl groups is 1. The Balaban J connectivity index is 1.75. The molecule has 4 atom stereocenters. The van der Waals surface area contributed by atoms with Gasteiger partial charge in [0.2, 0.25) is 13.6 Å². The van der Waals surface area contributed by atoms with E-state index in [1.54, 1.807) is 18.2 Å². The molecule has 0 aromatic heterocycles. The summed E-state index contributed by atoms with van der Waals surface area (Å²) >= 11 is 0. The fourth-order valence-corrected chi connectivity index (χ4v) is 4.66. The maximum absolute atomic E-state index is 12.2. The van der Waals surface area contributed by atoms with Gasteiger partial charge in [-0.25, -0.2) is 0 Å². The second kappa shape index (κ2) is 6.29. The van der Waals surface area contributed by atoms with E-state index in [1.165, 1.54) is 6.92 Å². The van der Waals surface area contributed by atoms with E-state index < -0.39 is 11.7 Å². The van der Waals surface area contributed by atoms with Gasteiger partial charge in [-0.15, -0.1) is 0 Å². The van der Waals surface area contributed by atoms with Gasteiger partial charge in [0.15, 0.2) is 23.0 Å². The molecule has 0 saturated heterocycles. The van der Waals surface area contributed by atoms with Crippen molar-refractivity contribution < 1.29 is 33.6 Å². The van der Waals surface area contributed by atoms with Crippen LogP contribution in [0.5, 0.6) is 23.0 Å². The molecule has 2 aliphatic heterocycles. The summed E-state index contributed by atoms with van der Waals surface area (Å²) in [6.45, 7) is 5.54. The average Bonchev–Trinajstić information content (AvgIpc) is 3.36. The highest BCUT2D eigenvalue weighted by Gasteiger charge is 2.53. The molecule has 1 N–H and O–H groups in total. The predicted octanol–water partition coefficient (Wildman–Crippen LogP) is 3.27. The van der Waals surface area contributed by atoms with Gasteiger partial charge in [0, 0.05) is 24.0 Å². The molecule has 0 bridgehead atoms. The zero-order chi connectivity index (χ0) is 20.3. The summed E-state index contributed by atoms with van der Waals surface area (Å²) in [7, 11) is 0. The third-order valence-electron chi connectivity index (χ3n) is 6.29. The minimum absolute atomic E-state index is 0.0746. The van der Waals surface area contributed by atoms with E-state index in [-0.39, 0.29) is 31.4 Å². The van der Waals surface area contributed by atoms with E-state index in [0.29, 0.717) is 34.1 Å². The number of benzene rings is 2. The van der Waals surface area contributed by atoms with Crippen LogP contribution in [0.25, 0.3) is 0 Å². The molecule has 29 heavy (non-hydrogen) atoms. The Morgan fingerprint density at radius 2 is 1.72 bits per heavy atom. The van der Waals surface area contributed by atoms with Crippen molar-refractivity contribution in [3.05, 3.63) is 47.0 Å². The number of carbonyl (C=O) groups excluding carboxylic acids is 1. The SMILES string of the molecule is CC(=O)OC1c2ccc3c(c2[C@](O)(c2ccc4c(c2)OCO4)[C@@H](C)[C@@H]1C)OCO3. The van der Waals surface area contributed by atoms with E-state index >= 15 is 0 Å². The van der Waals surface area contributed by atoms with Gasteiger partial charge in [-0.3, -0.25) is 4.79 Å². The summed E-state index contributed by atoms with van der Waals surface area (Å²) < 4.78 is 27.9. The lowest BCUT2D eigenvalue weighted by Crippen LogP contribution is -2.46. The minimum atomic E-state index is -1.40. The number of ether oxygens (including phenoxy) is 5. The maximum atomic E-state index is 12.2.